The molecule has 1 aliphatic heterocycles. The second-order valence-electron chi connectivity index (χ2n) is 5.24. The van der Waals surface area contributed by atoms with Gasteiger partial charge in [0.15, 0.2) is 0 Å². The number of aromatic nitrogens is 1. The van der Waals surface area contributed by atoms with E-state index in [1.165, 1.54) is 18.9 Å². The minimum atomic E-state index is -0.647. The summed E-state index contributed by atoms with van der Waals surface area (Å²) in [5.41, 5.74) is 1.44. The van der Waals surface area contributed by atoms with Crippen LogP contribution in [0.1, 0.15) is 5.69 Å². The Bertz CT molecular complexity index is 928. The zero-order chi connectivity index (χ0) is 18.0. The Morgan fingerprint density at radius 3 is 2.72 bits per heavy atom. The van der Waals surface area contributed by atoms with Crippen LogP contribution < -0.4 is 0 Å². The van der Waals surface area contributed by atoms with Gasteiger partial charge in [-0.2, -0.15) is 0 Å². The van der Waals surface area contributed by atoms with Gasteiger partial charge in [-0.1, -0.05) is 35.5 Å². The van der Waals surface area contributed by atoms with E-state index in [4.69, 9.17) is 16.3 Å². The highest BCUT2D eigenvalue weighted by Gasteiger charge is 2.33. The fraction of sp³-hybridized carbons (Fsp3) is 0.111. The lowest BCUT2D eigenvalue weighted by Crippen LogP contribution is -2.10. The van der Waals surface area contributed by atoms with Crippen LogP contribution in [0.2, 0.25) is 5.02 Å². The molecule has 1 N–H and O–H groups in total. The number of para-hydroxylation sites is 1. The maximum atomic E-state index is 12.1. The Morgan fingerprint density at radius 2 is 2.08 bits per heavy atom. The molecule has 1 aliphatic rings. The normalized spacial score (nSPS) is 17.6. The highest BCUT2D eigenvalue weighted by Crippen LogP contribution is 2.40. The molecular formula is C18H15ClN2O3S. The molecule has 0 saturated carbocycles. The third-order valence-electron chi connectivity index (χ3n) is 3.62. The molecule has 25 heavy (non-hydrogen) atoms. The standard InChI is InChI=1S/C18H15ClN2O3S/c1-21-9-5-6-11(21)10-14-16(22)15(18(23)24-2)17(25-14)20-13-8-4-3-7-12(13)19/h3-10,22H,1-2H3. The number of halogens is 1. The fourth-order valence-electron chi connectivity index (χ4n) is 2.30. The minimum Gasteiger partial charge on any atom is -0.506 e. The number of aliphatic imine (C=N–C) groups is 1. The number of carbonyl (C=O) groups is 1. The van der Waals surface area contributed by atoms with E-state index in [0.29, 0.717) is 20.7 Å². The number of aliphatic hydroxyl groups excluding tert-OH is 1. The van der Waals surface area contributed by atoms with Gasteiger partial charge in [0, 0.05) is 18.9 Å². The molecule has 0 atom stereocenters. The summed E-state index contributed by atoms with van der Waals surface area (Å²) in [7, 11) is 3.16. The quantitative estimate of drug-likeness (QED) is 0.804. The smallest absolute Gasteiger partial charge is 0.344 e. The van der Waals surface area contributed by atoms with E-state index in [1.54, 1.807) is 30.3 Å². The zero-order valence-electron chi connectivity index (χ0n) is 13.6. The van der Waals surface area contributed by atoms with Gasteiger partial charge in [0.05, 0.1) is 22.7 Å². The lowest BCUT2D eigenvalue weighted by atomic mass is 10.2. The van der Waals surface area contributed by atoms with E-state index in [-0.39, 0.29) is 11.3 Å². The van der Waals surface area contributed by atoms with Crippen LogP contribution in [0.15, 0.2) is 63.8 Å². The first-order chi connectivity index (χ1) is 12.0. The van der Waals surface area contributed by atoms with Crippen molar-refractivity contribution in [2.24, 2.45) is 12.0 Å². The number of carbonyl (C=O) groups excluding carboxylic acids is 1. The van der Waals surface area contributed by atoms with Crippen LogP contribution in [0.4, 0.5) is 5.69 Å². The maximum absolute atomic E-state index is 12.1. The van der Waals surface area contributed by atoms with Gasteiger partial charge in [0.25, 0.3) is 0 Å². The van der Waals surface area contributed by atoms with Crippen molar-refractivity contribution in [3.63, 3.8) is 0 Å². The Hall–Kier alpha value is -2.44. The molecule has 7 heteroatoms. The van der Waals surface area contributed by atoms with Crippen LogP contribution in [0.25, 0.3) is 6.08 Å². The first-order valence-electron chi connectivity index (χ1n) is 7.37. The third-order valence-corrected chi connectivity index (χ3v) is 4.96. The summed E-state index contributed by atoms with van der Waals surface area (Å²) in [6, 6.07) is 10.8. The number of aryl methyl sites for hydroxylation is 1. The second kappa shape index (κ2) is 7.21. The first-order valence-corrected chi connectivity index (χ1v) is 8.57. The minimum absolute atomic E-state index is 0.0351. The zero-order valence-corrected chi connectivity index (χ0v) is 15.1. The van der Waals surface area contributed by atoms with E-state index in [0.717, 1.165) is 5.69 Å². The number of rotatable bonds is 3. The van der Waals surface area contributed by atoms with E-state index in [9.17, 15) is 9.90 Å². The number of esters is 1. The van der Waals surface area contributed by atoms with Gasteiger partial charge in [-0.15, -0.1) is 0 Å². The Balaban J connectivity index is 2.08. The molecule has 0 unspecified atom stereocenters. The van der Waals surface area contributed by atoms with Crippen molar-refractivity contribution in [2.75, 3.05) is 7.11 Å². The van der Waals surface area contributed by atoms with Crippen LogP contribution >= 0.6 is 23.4 Å². The molecule has 3 rings (SSSR count). The van der Waals surface area contributed by atoms with Gasteiger partial charge in [-0.3, -0.25) is 0 Å². The monoisotopic (exact) mass is 374 g/mol. The predicted molar refractivity (Wildman–Crippen MR) is 101 cm³/mol. The molecule has 0 fully saturated rings. The highest BCUT2D eigenvalue weighted by atomic mass is 35.5. The summed E-state index contributed by atoms with van der Waals surface area (Å²) in [4.78, 5) is 17.1. The van der Waals surface area contributed by atoms with Crippen LogP contribution in [-0.2, 0) is 16.6 Å². The van der Waals surface area contributed by atoms with Gasteiger partial charge >= 0.3 is 5.97 Å². The van der Waals surface area contributed by atoms with E-state index >= 15 is 0 Å². The van der Waals surface area contributed by atoms with Gasteiger partial charge in [-0.25, -0.2) is 9.79 Å². The van der Waals surface area contributed by atoms with Crippen molar-refractivity contribution in [1.29, 1.82) is 0 Å². The summed E-state index contributed by atoms with van der Waals surface area (Å²) >= 11 is 7.34. The molecule has 1 aromatic heterocycles. The van der Waals surface area contributed by atoms with Crippen LogP contribution in [0, 0.1) is 0 Å². The molecule has 2 heterocycles. The molecular weight excluding hydrogens is 360 g/mol. The summed E-state index contributed by atoms with van der Waals surface area (Å²) in [6.45, 7) is 0. The van der Waals surface area contributed by atoms with E-state index < -0.39 is 5.97 Å². The van der Waals surface area contributed by atoms with Crippen LogP contribution in [0.3, 0.4) is 0 Å². The molecule has 0 amide bonds. The average Bonchev–Trinajstić information content (AvgIpc) is 3.13. The molecule has 2 aromatic rings. The van der Waals surface area contributed by atoms with E-state index in [1.807, 2.05) is 29.9 Å². The predicted octanol–water partition coefficient (Wildman–Crippen LogP) is 4.48. The van der Waals surface area contributed by atoms with Crippen LogP contribution in [0.5, 0.6) is 0 Å². The van der Waals surface area contributed by atoms with Crippen molar-refractivity contribution >= 4 is 46.1 Å². The summed E-state index contributed by atoms with van der Waals surface area (Å²) < 4.78 is 6.70. The van der Waals surface area contributed by atoms with Gasteiger partial charge < -0.3 is 14.4 Å². The number of aliphatic hydroxyl groups is 1. The average molecular weight is 375 g/mol. The van der Waals surface area contributed by atoms with Crippen molar-refractivity contribution in [1.82, 2.24) is 4.57 Å². The lowest BCUT2D eigenvalue weighted by Gasteiger charge is -2.03. The van der Waals surface area contributed by atoms with Crippen molar-refractivity contribution in [3.05, 3.63) is 69.5 Å². The van der Waals surface area contributed by atoms with Gasteiger partial charge in [0.1, 0.15) is 16.4 Å². The van der Waals surface area contributed by atoms with Crippen molar-refractivity contribution in [2.45, 2.75) is 0 Å². The molecule has 128 valence electrons. The SMILES string of the molecule is COC(=O)C1=C(O)C(=Cc2cccn2C)SC1=Nc1ccccc1Cl. The molecule has 0 saturated heterocycles. The summed E-state index contributed by atoms with van der Waals surface area (Å²) in [6.07, 6.45) is 3.69. The number of hydrogen-bond donors (Lipinski definition) is 1. The number of hydrogen-bond acceptors (Lipinski definition) is 5. The van der Waals surface area contributed by atoms with Gasteiger partial charge in [0.2, 0.25) is 0 Å². The maximum Gasteiger partial charge on any atom is 0.344 e. The number of benzene rings is 1. The number of methoxy groups -OCH3 is 1. The molecule has 5 nitrogen and oxygen atoms in total. The summed E-state index contributed by atoms with van der Waals surface area (Å²) in [5.74, 6) is -0.796. The largest absolute Gasteiger partial charge is 0.506 e. The first kappa shape index (κ1) is 17.4. The highest BCUT2D eigenvalue weighted by molar-refractivity contribution is 8.18. The molecule has 1 aromatic carbocycles. The van der Waals surface area contributed by atoms with Crippen LogP contribution in [-0.4, -0.2) is 27.8 Å². The number of thioether (sulfide) groups is 1. The second-order valence-corrected chi connectivity index (χ2v) is 6.68. The lowest BCUT2D eigenvalue weighted by molar-refractivity contribution is -0.135. The topological polar surface area (TPSA) is 63.8 Å². The van der Waals surface area contributed by atoms with Gasteiger partial charge in [-0.05, 0) is 30.3 Å². The number of nitrogens with zero attached hydrogens (tertiary/aromatic N) is 2. The van der Waals surface area contributed by atoms with Crippen molar-refractivity contribution < 1.29 is 14.6 Å². The molecule has 0 aliphatic carbocycles. The molecule has 0 bridgehead atoms. The third kappa shape index (κ3) is 3.50. The Morgan fingerprint density at radius 1 is 1.32 bits per heavy atom. The Kier molecular flexibility index (Phi) is 5.01. The van der Waals surface area contributed by atoms with E-state index in [2.05, 4.69) is 4.99 Å². The molecule has 0 radical (unpaired) electrons. The van der Waals surface area contributed by atoms with Crippen molar-refractivity contribution in [3.8, 4) is 0 Å². The fourth-order valence-corrected chi connectivity index (χ4v) is 3.49. The summed E-state index contributed by atoms with van der Waals surface area (Å²) in [5, 5.41) is 11.3. The number of ether oxygens (including phenoxy) is 1. The molecule has 0 spiro atoms. The Labute approximate surface area is 154 Å².